The minimum Gasteiger partial charge on any atom is -0.504 e. The Morgan fingerprint density at radius 2 is 1.89 bits per heavy atom. The minimum atomic E-state index is -4.59. The molecule has 8 heteroatoms. The molecule has 1 aliphatic rings. The quantitative estimate of drug-likeness (QED) is 0.688. The van der Waals surface area contributed by atoms with Gasteiger partial charge in [-0.15, -0.1) is 0 Å². The molecule has 0 saturated carbocycles. The molecule has 0 amide bonds. The molecular weight excluding hydrogens is 391 g/mol. The fourth-order valence-corrected chi connectivity index (χ4v) is 2.96. The van der Waals surface area contributed by atoms with Gasteiger partial charge in [0.1, 0.15) is 0 Å². The molecule has 4 nitrogen and oxygen atoms in total. The van der Waals surface area contributed by atoms with Gasteiger partial charge >= 0.3 is 6.18 Å². The summed E-state index contributed by atoms with van der Waals surface area (Å²) in [6.07, 6.45) is -3.17. The Labute approximate surface area is 165 Å². The maximum atomic E-state index is 13.1. The summed E-state index contributed by atoms with van der Waals surface area (Å²) in [4.78, 5) is 5.85. The lowest BCUT2D eigenvalue weighted by atomic mass is 10.1. The molecule has 2 aromatic rings. The first-order valence-electron chi connectivity index (χ1n) is 8.29. The van der Waals surface area contributed by atoms with E-state index in [9.17, 15) is 18.3 Å². The van der Waals surface area contributed by atoms with Gasteiger partial charge in [-0.25, -0.2) is 4.99 Å². The number of benzene rings is 2. The summed E-state index contributed by atoms with van der Waals surface area (Å²) in [5.74, 6) is 0.106. The molecule has 0 aromatic heterocycles. The number of guanidine groups is 1. The predicted molar refractivity (Wildman–Crippen MR) is 103 cm³/mol. The van der Waals surface area contributed by atoms with E-state index in [1.807, 2.05) is 31.2 Å². The monoisotopic (exact) mass is 407 g/mol. The van der Waals surface area contributed by atoms with E-state index in [1.54, 1.807) is 4.90 Å². The lowest BCUT2D eigenvalue weighted by Gasteiger charge is -2.29. The number of halogens is 4. The number of aliphatic imine (C=N–C) groups is 1. The van der Waals surface area contributed by atoms with Gasteiger partial charge in [0.15, 0.2) is 5.76 Å². The van der Waals surface area contributed by atoms with Gasteiger partial charge in [-0.1, -0.05) is 48.5 Å². The Morgan fingerprint density at radius 3 is 2.57 bits per heavy atom. The van der Waals surface area contributed by atoms with Gasteiger partial charge < -0.3 is 15.3 Å². The Hall–Kier alpha value is -2.93. The van der Waals surface area contributed by atoms with Crippen LogP contribution >= 0.6 is 11.6 Å². The van der Waals surface area contributed by atoms with Crippen LogP contribution in [0.25, 0.3) is 0 Å². The van der Waals surface area contributed by atoms with Crippen LogP contribution in [0.5, 0.6) is 0 Å². The smallest absolute Gasteiger partial charge is 0.417 e. The first-order valence-corrected chi connectivity index (χ1v) is 8.67. The Balaban J connectivity index is 2.03. The fourth-order valence-electron chi connectivity index (χ4n) is 2.68. The number of aryl methyl sites for hydroxylation is 1. The molecule has 3 rings (SSSR count). The summed E-state index contributed by atoms with van der Waals surface area (Å²) < 4.78 is 39.3. The van der Waals surface area contributed by atoms with Crippen LogP contribution in [0, 0.1) is 6.92 Å². The maximum Gasteiger partial charge on any atom is 0.417 e. The average Bonchev–Trinajstić information content (AvgIpc) is 2.61. The molecule has 0 radical (unpaired) electrons. The van der Waals surface area contributed by atoms with Crippen LogP contribution < -0.4 is 5.32 Å². The van der Waals surface area contributed by atoms with Crippen molar-refractivity contribution in [2.24, 2.45) is 4.99 Å². The van der Waals surface area contributed by atoms with Gasteiger partial charge in [0, 0.05) is 0 Å². The zero-order valence-corrected chi connectivity index (χ0v) is 15.6. The third-order valence-electron chi connectivity index (χ3n) is 4.23. The second-order valence-electron chi connectivity index (χ2n) is 6.24. The van der Waals surface area contributed by atoms with E-state index in [2.05, 4.69) is 16.9 Å². The number of rotatable bonds is 3. The number of aliphatic hydroxyl groups excluding tert-OH is 1. The molecule has 28 heavy (non-hydrogen) atoms. The molecule has 2 aromatic carbocycles. The molecule has 0 atom stereocenters. The third kappa shape index (κ3) is 4.14. The van der Waals surface area contributed by atoms with Crippen LogP contribution in [0.2, 0.25) is 5.02 Å². The Kier molecular flexibility index (Phi) is 5.38. The highest BCUT2D eigenvalue weighted by atomic mass is 35.5. The van der Waals surface area contributed by atoms with Gasteiger partial charge in [0.2, 0.25) is 5.96 Å². The normalized spacial score (nSPS) is 16.2. The molecule has 0 unspecified atom stereocenters. The summed E-state index contributed by atoms with van der Waals surface area (Å²) in [6.45, 7) is 5.96. The summed E-state index contributed by atoms with van der Waals surface area (Å²) in [7, 11) is 0. The zero-order valence-electron chi connectivity index (χ0n) is 14.9. The van der Waals surface area contributed by atoms with Gasteiger partial charge in [-0.05, 0) is 30.2 Å². The van der Waals surface area contributed by atoms with E-state index < -0.39 is 16.8 Å². The number of alkyl halides is 3. The number of aliphatic hydroxyl groups is 1. The summed E-state index contributed by atoms with van der Waals surface area (Å²) in [6, 6.07) is 11.2. The van der Waals surface area contributed by atoms with Crippen molar-refractivity contribution in [1.29, 1.82) is 0 Å². The molecule has 0 saturated heterocycles. The molecule has 1 aliphatic heterocycles. The average molecular weight is 408 g/mol. The lowest BCUT2D eigenvalue weighted by Crippen LogP contribution is -2.41. The number of nitrogens with one attached hydrogen (secondary N) is 1. The molecule has 146 valence electrons. The van der Waals surface area contributed by atoms with Crippen molar-refractivity contribution < 1.29 is 18.3 Å². The highest BCUT2D eigenvalue weighted by Gasteiger charge is 2.34. The Bertz CT molecular complexity index is 983. The fraction of sp³-hybridized carbons (Fsp3) is 0.150. The molecule has 0 aliphatic carbocycles. The van der Waals surface area contributed by atoms with Gasteiger partial charge in [0.25, 0.3) is 0 Å². The van der Waals surface area contributed by atoms with E-state index in [0.717, 1.165) is 17.2 Å². The van der Waals surface area contributed by atoms with Crippen molar-refractivity contribution >= 4 is 23.2 Å². The van der Waals surface area contributed by atoms with Gasteiger partial charge in [-0.2, -0.15) is 13.2 Å². The van der Waals surface area contributed by atoms with E-state index >= 15 is 0 Å². The van der Waals surface area contributed by atoms with Crippen LogP contribution in [-0.4, -0.2) is 16.0 Å². The van der Waals surface area contributed by atoms with Crippen LogP contribution in [-0.2, 0) is 12.7 Å². The molecular formula is C20H17ClF3N3O. The minimum absolute atomic E-state index is 0.0450. The molecule has 0 spiro atoms. The van der Waals surface area contributed by atoms with Crippen LogP contribution in [0.15, 0.2) is 71.7 Å². The summed E-state index contributed by atoms with van der Waals surface area (Å²) in [5, 5.41) is 12.3. The SMILES string of the molecule is C=C1NC(=Nc2cccc(C(F)(F)F)c2Cl)N(Cc2ccccc2C)C=C1O. The zero-order chi connectivity index (χ0) is 20.5. The molecule has 0 fully saturated rings. The van der Waals surface area contributed by atoms with E-state index in [-0.39, 0.29) is 23.1 Å². The number of hydrogen-bond acceptors (Lipinski definition) is 2. The second-order valence-corrected chi connectivity index (χ2v) is 6.62. The van der Waals surface area contributed by atoms with E-state index in [1.165, 1.54) is 18.3 Å². The van der Waals surface area contributed by atoms with Crippen molar-refractivity contribution in [2.75, 3.05) is 0 Å². The number of nitrogens with zero attached hydrogens (tertiary/aromatic N) is 2. The second kappa shape index (κ2) is 7.59. The van der Waals surface area contributed by atoms with E-state index in [0.29, 0.717) is 6.54 Å². The molecule has 1 heterocycles. The lowest BCUT2D eigenvalue weighted by molar-refractivity contribution is -0.137. The topological polar surface area (TPSA) is 47.9 Å². The van der Waals surface area contributed by atoms with Crippen molar-refractivity contribution in [2.45, 2.75) is 19.6 Å². The standard InChI is InChI=1S/C20H17ClF3N3O/c1-12-6-3-4-7-14(12)10-27-11-17(28)13(2)25-19(27)26-16-9-5-8-15(18(16)21)20(22,23)24/h3-9,11,28H,2,10H2,1H3,(H,25,26). The van der Waals surface area contributed by atoms with E-state index in [4.69, 9.17) is 11.6 Å². The highest BCUT2D eigenvalue weighted by molar-refractivity contribution is 6.34. The summed E-state index contributed by atoms with van der Waals surface area (Å²) in [5.41, 5.74) is 1.16. The largest absolute Gasteiger partial charge is 0.504 e. The van der Waals surface area contributed by atoms with Crippen molar-refractivity contribution in [3.8, 4) is 0 Å². The van der Waals surface area contributed by atoms with Crippen LogP contribution in [0.1, 0.15) is 16.7 Å². The predicted octanol–water partition coefficient (Wildman–Crippen LogP) is 5.67. The molecule has 0 bridgehead atoms. The summed E-state index contributed by atoms with van der Waals surface area (Å²) >= 11 is 5.95. The van der Waals surface area contributed by atoms with Crippen molar-refractivity contribution in [3.05, 3.63) is 88.4 Å². The highest BCUT2D eigenvalue weighted by Crippen LogP contribution is 2.39. The number of hydrogen-bond donors (Lipinski definition) is 2. The van der Waals surface area contributed by atoms with Crippen molar-refractivity contribution in [3.63, 3.8) is 0 Å². The Morgan fingerprint density at radius 1 is 1.18 bits per heavy atom. The first kappa shape index (κ1) is 19.8. The first-order chi connectivity index (χ1) is 13.2. The van der Waals surface area contributed by atoms with Crippen LogP contribution in [0.4, 0.5) is 18.9 Å². The van der Waals surface area contributed by atoms with Gasteiger partial charge in [-0.3, -0.25) is 0 Å². The third-order valence-corrected chi connectivity index (χ3v) is 4.63. The maximum absolute atomic E-state index is 13.1. The van der Waals surface area contributed by atoms with Crippen molar-refractivity contribution in [1.82, 2.24) is 10.2 Å². The van der Waals surface area contributed by atoms with Gasteiger partial charge in [0.05, 0.1) is 34.7 Å². The molecule has 2 N–H and O–H groups in total. The van der Waals surface area contributed by atoms with Crippen LogP contribution in [0.3, 0.4) is 0 Å².